The van der Waals surface area contributed by atoms with Gasteiger partial charge in [-0.25, -0.2) is 4.98 Å². The van der Waals surface area contributed by atoms with Crippen LogP contribution in [0.3, 0.4) is 0 Å². The minimum absolute atomic E-state index is 0.0497. The summed E-state index contributed by atoms with van der Waals surface area (Å²) in [7, 11) is 0. The number of thiazole rings is 1. The number of benzene rings is 2. The number of fused-ring (bicyclic) bond motifs is 1. The number of anilines is 1. The van der Waals surface area contributed by atoms with Gasteiger partial charge in [0.05, 0.1) is 15.5 Å². The number of hydrogen-bond acceptors (Lipinski definition) is 5. The molecule has 0 saturated carbocycles. The fraction of sp³-hybridized carbons (Fsp3) is 0.167. The van der Waals surface area contributed by atoms with Gasteiger partial charge in [-0.3, -0.25) is 9.59 Å². The lowest BCUT2D eigenvalue weighted by atomic mass is 10.1. The lowest BCUT2D eigenvalue weighted by Gasteiger charge is -2.09. The maximum Gasteiger partial charge on any atom is 0.221 e. The van der Waals surface area contributed by atoms with Crippen molar-refractivity contribution < 1.29 is 9.59 Å². The average Bonchev–Trinajstić information content (AvgIpc) is 2.96. The van der Waals surface area contributed by atoms with Gasteiger partial charge in [-0.15, -0.1) is 11.3 Å². The number of hydrogen-bond donors (Lipinski definition) is 1. The third-order valence-electron chi connectivity index (χ3n) is 3.41. The predicted octanol–water partition coefficient (Wildman–Crippen LogP) is 4.62. The summed E-state index contributed by atoms with van der Waals surface area (Å²) < 4.78 is 2.02. The van der Waals surface area contributed by atoms with E-state index in [1.807, 2.05) is 31.2 Å². The van der Waals surface area contributed by atoms with E-state index in [2.05, 4.69) is 10.3 Å². The molecule has 1 aromatic heterocycles. The third-order valence-corrected chi connectivity index (χ3v) is 5.64. The quantitative estimate of drug-likeness (QED) is 0.535. The van der Waals surface area contributed by atoms with Gasteiger partial charge in [0.1, 0.15) is 0 Å². The molecule has 122 valence electrons. The molecule has 6 heteroatoms. The molecule has 0 saturated heterocycles. The molecule has 0 unspecified atom stereocenters. The molecule has 0 aliphatic heterocycles. The summed E-state index contributed by atoms with van der Waals surface area (Å²) in [6.45, 7) is 3.34. The molecular formula is C18H16N2O2S2. The smallest absolute Gasteiger partial charge is 0.221 e. The summed E-state index contributed by atoms with van der Waals surface area (Å²) in [6, 6.07) is 14.9. The van der Waals surface area contributed by atoms with Crippen LogP contribution in [-0.4, -0.2) is 21.9 Å². The maximum absolute atomic E-state index is 12.6. The summed E-state index contributed by atoms with van der Waals surface area (Å²) in [5.41, 5.74) is 2.28. The van der Waals surface area contributed by atoms with Crippen molar-refractivity contribution in [3.63, 3.8) is 0 Å². The molecule has 1 heterocycles. The second-order valence-electron chi connectivity index (χ2n) is 5.33. The number of para-hydroxylation sites is 1. The summed E-state index contributed by atoms with van der Waals surface area (Å²) in [4.78, 5) is 28.2. The largest absolute Gasteiger partial charge is 0.326 e. The topological polar surface area (TPSA) is 59.1 Å². The van der Waals surface area contributed by atoms with Gasteiger partial charge >= 0.3 is 0 Å². The van der Waals surface area contributed by atoms with Crippen molar-refractivity contribution >= 4 is 50.7 Å². The minimum atomic E-state index is -0.225. The molecule has 0 spiro atoms. The molecule has 2 aromatic carbocycles. The van der Waals surface area contributed by atoms with Gasteiger partial charge in [0.2, 0.25) is 5.91 Å². The first-order chi connectivity index (χ1) is 11.5. The average molecular weight is 356 g/mol. The first-order valence-corrected chi connectivity index (χ1v) is 9.16. The van der Waals surface area contributed by atoms with E-state index in [4.69, 9.17) is 0 Å². The number of thioether (sulfide) groups is 1. The molecular weight excluding hydrogens is 340 g/mol. The van der Waals surface area contributed by atoms with Crippen molar-refractivity contribution in [2.45, 2.75) is 23.4 Å². The van der Waals surface area contributed by atoms with Crippen LogP contribution in [0, 0.1) is 0 Å². The molecule has 0 aliphatic rings. The summed E-state index contributed by atoms with van der Waals surface area (Å²) in [6.07, 6.45) is 0. The molecule has 1 amide bonds. The van der Waals surface area contributed by atoms with Crippen LogP contribution in [0.4, 0.5) is 5.69 Å². The monoisotopic (exact) mass is 356 g/mol. The summed E-state index contributed by atoms with van der Waals surface area (Å²) in [5, 5.41) is 2.47. The Morgan fingerprint density at radius 3 is 2.50 bits per heavy atom. The maximum atomic E-state index is 12.6. The van der Waals surface area contributed by atoms with E-state index in [9.17, 15) is 9.59 Å². The van der Waals surface area contributed by atoms with Crippen molar-refractivity contribution in [3.05, 3.63) is 54.1 Å². The highest BCUT2D eigenvalue weighted by Crippen LogP contribution is 2.33. The van der Waals surface area contributed by atoms with Crippen molar-refractivity contribution in [1.82, 2.24) is 4.98 Å². The number of nitrogens with one attached hydrogen (secondary N) is 1. The van der Waals surface area contributed by atoms with Crippen LogP contribution in [0.15, 0.2) is 52.9 Å². The Bertz CT molecular complexity index is 854. The van der Waals surface area contributed by atoms with Crippen LogP contribution < -0.4 is 5.32 Å². The van der Waals surface area contributed by atoms with Gasteiger partial charge in [-0.1, -0.05) is 23.9 Å². The number of carbonyl (C=O) groups is 2. The lowest BCUT2D eigenvalue weighted by molar-refractivity contribution is -0.114. The third kappa shape index (κ3) is 3.83. The Balaban J connectivity index is 1.70. The van der Waals surface area contributed by atoms with Gasteiger partial charge in [0.15, 0.2) is 10.1 Å². The Kier molecular flexibility index (Phi) is 4.97. The van der Waals surface area contributed by atoms with Crippen molar-refractivity contribution in [2.24, 2.45) is 0 Å². The Labute approximate surface area is 148 Å². The van der Waals surface area contributed by atoms with Crippen LogP contribution in [0.25, 0.3) is 10.2 Å². The van der Waals surface area contributed by atoms with Crippen LogP contribution in [0.1, 0.15) is 24.2 Å². The fourth-order valence-electron chi connectivity index (χ4n) is 2.26. The number of ketones is 1. The summed E-state index contributed by atoms with van der Waals surface area (Å²) >= 11 is 3.07. The van der Waals surface area contributed by atoms with E-state index in [0.29, 0.717) is 11.3 Å². The van der Waals surface area contributed by atoms with Gasteiger partial charge in [-0.2, -0.15) is 0 Å². The first-order valence-electron chi connectivity index (χ1n) is 7.47. The van der Waals surface area contributed by atoms with Crippen molar-refractivity contribution in [3.8, 4) is 0 Å². The zero-order valence-corrected chi connectivity index (χ0v) is 14.9. The first kappa shape index (κ1) is 16.7. The number of nitrogens with zero attached hydrogens (tertiary/aromatic N) is 1. The zero-order valence-electron chi connectivity index (χ0n) is 13.3. The highest BCUT2D eigenvalue weighted by molar-refractivity contribution is 8.02. The normalized spacial score (nSPS) is 12.1. The molecule has 3 rings (SSSR count). The highest BCUT2D eigenvalue weighted by atomic mass is 32.2. The van der Waals surface area contributed by atoms with Gasteiger partial charge in [0, 0.05) is 18.2 Å². The fourth-order valence-corrected chi connectivity index (χ4v) is 4.55. The van der Waals surface area contributed by atoms with Crippen molar-refractivity contribution in [2.75, 3.05) is 5.32 Å². The Morgan fingerprint density at radius 2 is 1.83 bits per heavy atom. The van der Waals surface area contributed by atoms with E-state index in [1.165, 1.54) is 18.7 Å². The molecule has 0 bridgehead atoms. The SMILES string of the molecule is CC(=O)Nc1ccc(C(=O)[C@@H](C)Sc2nc3ccccc3s2)cc1. The highest BCUT2D eigenvalue weighted by Gasteiger charge is 2.18. The molecule has 0 aliphatic carbocycles. The van der Waals surface area contributed by atoms with E-state index in [-0.39, 0.29) is 16.9 Å². The molecule has 1 N–H and O–H groups in total. The second-order valence-corrected chi connectivity index (χ2v) is 7.95. The van der Waals surface area contributed by atoms with Crippen LogP contribution in [-0.2, 0) is 4.79 Å². The van der Waals surface area contributed by atoms with E-state index >= 15 is 0 Å². The molecule has 3 aromatic rings. The molecule has 0 fully saturated rings. The van der Waals surface area contributed by atoms with Gasteiger partial charge in [0.25, 0.3) is 0 Å². The summed E-state index contributed by atoms with van der Waals surface area (Å²) in [5.74, 6) is -0.0810. The van der Waals surface area contributed by atoms with Crippen LogP contribution >= 0.6 is 23.1 Å². The molecule has 1 atom stereocenters. The number of carbonyl (C=O) groups excluding carboxylic acids is 2. The van der Waals surface area contributed by atoms with Crippen LogP contribution in [0.5, 0.6) is 0 Å². The molecule has 4 nitrogen and oxygen atoms in total. The number of aromatic nitrogens is 1. The van der Waals surface area contributed by atoms with E-state index in [0.717, 1.165) is 14.6 Å². The second kappa shape index (κ2) is 7.15. The van der Waals surface area contributed by atoms with Gasteiger partial charge < -0.3 is 5.32 Å². The Hall–Kier alpha value is -2.18. The number of amides is 1. The van der Waals surface area contributed by atoms with Crippen molar-refractivity contribution in [1.29, 1.82) is 0 Å². The standard InChI is InChI=1S/C18H16N2O2S2/c1-11(23-18-20-15-5-3-4-6-16(15)24-18)17(22)13-7-9-14(10-8-13)19-12(2)21/h3-11H,1-2H3,(H,19,21)/t11-/m1/s1. The van der Waals surface area contributed by atoms with Gasteiger partial charge in [-0.05, 0) is 43.3 Å². The lowest BCUT2D eigenvalue weighted by Crippen LogP contribution is -2.13. The van der Waals surface area contributed by atoms with E-state index in [1.54, 1.807) is 35.6 Å². The minimum Gasteiger partial charge on any atom is -0.326 e. The zero-order chi connectivity index (χ0) is 17.1. The number of Topliss-reactive ketones (excluding diaryl/α,β-unsaturated/α-hetero) is 1. The van der Waals surface area contributed by atoms with E-state index < -0.39 is 0 Å². The molecule has 24 heavy (non-hydrogen) atoms. The predicted molar refractivity (Wildman–Crippen MR) is 100 cm³/mol. The number of rotatable bonds is 5. The Morgan fingerprint density at radius 1 is 1.12 bits per heavy atom. The molecule has 0 radical (unpaired) electrons. The van der Waals surface area contributed by atoms with Crippen LogP contribution in [0.2, 0.25) is 0 Å².